The number of aliphatic hydroxyl groups is 1. The van der Waals surface area contributed by atoms with Crippen LogP contribution in [0.15, 0.2) is 73.1 Å². The molecule has 0 bridgehead atoms. The minimum Gasteiger partial charge on any atom is -0.393 e. The molecule has 0 atom stereocenters. The molecule has 6 heteroatoms. The Bertz CT molecular complexity index is 2620. The van der Waals surface area contributed by atoms with Crippen molar-refractivity contribution in [3.63, 3.8) is 0 Å². The first-order chi connectivity index (χ1) is 28.8. The number of aliphatic hydroxyl groups excluding tert-OH is 1. The van der Waals surface area contributed by atoms with Crippen molar-refractivity contribution in [1.29, 1.82) is 10.5 Å². The summed E-state index contributed by atoms with van der Waals surface area (Å²) in [6.07, 6.45) is 13.4. The van der Waals surface area contributed by atoms with E-state index in [0.717, 1.165) is 84.4 Å². The van der Waals surface area contributed by atoms with Gasteiger partial charge >= 0.3 is 0 Å². The van der Waals surface area contributed by atoms with Crippen LogP contribution in [-0.4, -0.2) is 26.1 Å². The van der Waals surface area contributed by atoms with Gasteiger partial charge in [-0.2, -0.15) is 10.5 Å². The van der Waals surface area contributed by atoms with Crippen LogP contribution in [0.2, 0.25) is 0 Å². The van der Waals surface area contributed by atoms with Gasteiger partial charge in [0.05, 0.1) is 29.4 Å². The summed E-state index contributed by atoms with van der Waals surface area (Å²) in [5.41, 5.74) is 16.3. The highest BCUT2D eigenvalue weighted by atomic mass is 16.3. The van der Waals surface area contributed by atoms with Gasteiger partial charge in [0.2, 0.25) is 0 Å². The Hall–Kier alpha value is -5.43. The van der Waals surface area contributed by atoms with Crippen molar-refractivity contribution in [2.75, 3.05) is 0 Å². The van der Waals surface area contributed by atoms with Crippen LogP contribution in [0.3, 0.4) is 0 Å². The first-order valence-electron chi connectivity index (χ1n) is 22.3. The molecule has 0 radical (unpaired) electrons. The van der Waals surface area contributed by atoms with E-state index in [4.69, 9.17) is 0 Å². The van der Waals surface area contributed by atoms with Crippen molar-refractivity contribution in [2.24, 2.45) is 11.8 Å². The number of Topliss-reactive ketones (excluding diaryl/α,β-unsaturated/α-hetero) is 1. The molecule has 0 saturated heterocycles. The standard InChI is InChI=1S/C27H32N2O.C27H30N2O/c2*1-17(2)12-20-6-5-7-24(19(20)4)26-16-29(22-8-10-23(30)11-9-22)27-13-18(3)21(15-28)14-25(26)27/h5-7,13-14,16-17,22-23,30H,8-12H2,1-4H3;5-7,13-14,16-17,22H,8-12H2,1-4H3. The maximum atomic E-state index is 11.8. The van der Waals surface area contributed by atoms with E-state index in [0.29, 0.717) is 42.5 Å². The summed E-state index contributed by atoms with van der Waals surface area (Å²) in [5, 5.41) is 31.5. The molecule has 2 aromatic heterocycles. The largest absolute Gasteiger partial charge is 0.393 e. The zero-order chi connectivity index (χ0) is 42.8. The van der Waals surface area contributed by atoms with Crippen LogP contribution in [0.5, 0.6) is 0 Å². The molecule has 2 saturated carbocycles. The maximum absolute atomic E-state index is 11.8. The van der Waals surface area contributed by atoms with Gasteiger partial charge in [-0.15, -0.1) is 0 Å². The second-order valence-electron chi connectivity index (χ2n) is 18.6. The van der Waals surface area contributed by atoms with Gasteiger partial charge in [0, 0.05) is 70.3 Å². The van der Waals surface area contributed by atoms with Gasteiger partial charge in [-0.05, 0) is 160 Å². The van der Waals surface area contributed by atoms with Crippen molar-refractivity contribution in [3.05, 3.63) is 118 Å². The highest BCUT2D eigenvalue weighted by molar-refractivity contribution is 5.99. The number of nitrogens with zero attached hydrogens (tertiary/aromatic N) is 4. The number of aryl methyl sites for hydroxylation is 2. The molecule has 1 N–H and O–H groups in total. The molecule has 0 amide bonds. The number of benzene rings is 4. The number of fused-ring (bicyclic) bond motifs is 2. The zero-order valence-corrected chi connectivity index (χ0v) is 37.0. The van der Waals surface area contributed by atoms with Gasteiger partial charge in [-0.3, -0.25) is 4.79 Å². The first-order valence-corrected chi connectivity index (χ1v) is 22.3. The van der Waals surface area contributed by atoms with E-state index >= 15 is 0 Å². The van der Waals surface area contributed by atoms with E-state index in [1.807, 2.05) is 13.8 Å². The Morgan fingerprint density at radius 1 is 0.617 bits per heavy atom. The van der Waals surface area contributed by atoms with Crippen LogP contribution >= 0.6 is 0 Å². The van der Waals surface area contributed by atoms with Crippen molar-refractivity contribution in [2.45, 2.75) is 138 Å². The number of rotatable bonds is 8. The number of ketones is 1. The predicted octanol–water partition coefficient (Wildman–Crippen LogP) is 13.2. The lowest BCUT2D eigenvalue weighted by Gasteiger charge is -2.27. The Morgan fingerprint density at radius 2 is 1.03 bits per heavy atom. The van der Waals surface area contributed by atoms with Gasteiger partial charge in [0.25, 0.3) is 0 Å². The molecule has 2 aliphatic carbocycles. The Balaban J connectivity index is 0.000000181. The molecule has 6 aromatic rings. The molecule has 60 heavy (non-hydrogen) atoms. The average molecular weight is 799 g/mol. The van der Waals surface area contributed by atoms with Gasteiger partial charge in [0.1, 0.15) is 5.78 Å². The Kier molecular flexibility index (Phi) is 12.8. The summed E-state index contributed by atoms with van der Waals surface area (Å²) in [4.78, 5) is 11.8. The summed E-state index contributed by atoms with van der Waals surface area (Å²) < 4.78 is 4.79. The topological polar surface area (TPSA) is 94.7 Å². The summed E-state index contributed by atoms with van der Waals surface area (Å²) in [6.45, 7) is 17.5. The molecule has 2 fully saturated rings. The lowest BCUT2D eigenvalue weighted by molar-refractivity contribution is -0.120. The zero-order valence-electron chi connectivity index (χ0n) is 37.0. The number of aromatic nitrogens is 2. The van der Waals surface area contributed by atoms with Crippen molar-refractivity contribution < 1.29 is 9.90 Å². The fraction of sp³-hybridized carbons (Fsp3) is 0.426. The molecule has 310 valence electrons. The minimum absolute atomic E-state index is 0.163. The minimum atomic E-state index is -0.163. The van der Waals surface area contributed by atoms with E-state index in [1.54, 1.807) is 0 Å². The third-order valence-corrected chi connectivity index (χ3v) is 13.3. The number of hydrogen-bond acceptors (Lipinski definition) is 4. The molecule has 6 nitrogen and oxygen atoms in total. The van der Waals surface area contributed by atoms with E-state index in [1.165, 1.54) is 55.5 Å². The van der Waals surface area contributed by atoms with Gasteiger partial charge in [0.15, 0.2) is 0 Å². The van der Waals surface area contributed by atoms with Gasteiger partial charge in [-0.1, -0.05) is 64.1 Å². The summed E-state index contributed by atoms with van der Waals surface area (Å²) in [6, 6.07) is 27.1. The van der Waals surface area contributed by atoms with Crippen LogP contribution in [-0.2, 0) is 17.6 Å². The summed E-state index contributed by atoms with van der Waals surface area (Å²) in [5.74, 6) is 1.60. The molecular weight excluding hydrogens is 737 g/mol. The number of hydrogen-bond donors (Lipinski definition) is 1. The molecule has 2 heterocycles. The smallest absolute Gasteiger partial charge is 0.133 e. The number of carbonyl (C=O) groups excluding carboxylic acids is 1. The van der Waals surface area contributed by atoms with Crippen molar-refractivity contribution in [1.82, 2.24) is 9.13 Å². The van der Waals surface area contributed by atoms with Crippen LogP contribution in [0.1, 0.15) is 136 Å². The lowest BCUT2D eigenvalue weighted by Crippen LogP contribution is -2.20. The molecular formula is C54H62N4O2. The normalized spacial score (nSPS) is 17.2. The van der Waals surface area contributed by atoms with E-state index in [9.17, 15) is 20.4 Å². The molecule has 0 spiro atoms. The molecule has 0 unspecified atom stereocenters. The van der Waals surface area contributed by atoms with Crippen LogP contribution in [0, 0.1) is 62.2 Å². The lowest BCUT2D eigenvalue weighted by atomic mass is 9.91. The van der Waals surface area contributed by atoms with E-state index < -0.39 is 0 Å². The number of nitriles is 2. The molecule has 0 aliphatic heterocycles. The summed E-state index contributed by atoms with van der Waals surface area (Å²) >= 11 is 0. The third kappa shape index (κ3) is 8.73. The van der Waals surface area contributed by atoms with Crippen molar-refractivity contribution in [3.8, 4) is 34.4 Å². The molecule has 8 rings (SSSR count). The highest BCUT2D eigenvalue weighted by Gasteiger charge is 2.26. The Labute approximate surface area is 357 Å². The van der Waals surface area contributed by atoms with Crippen LogP contribution in [0.25, 0.3) is 44.1 Å². The fourth-order valence-electron chi connectivity index (χ4n) is 9.89. The first kappa shape index (κ1) is 42.7. The second-order valence-corrected chi connectivity index (χ2v) is 18.6. The highest BCUT2D eigenvalue weighted by Crippen LogP contribution is 2.41. The van der Waals surface area contributed by atoms with Crippen molar-refractivity contribution >= 4 is 27.6 Å². The average Bonchev–Trinajstić information content (AvgIpc) is 3.77. The van der Waals surface area contributed by atoms with E-state index in [-0.39, 0.29) is 6.10 Å². The number of carbonyl (C=O) groups is 1. The molecule has 2 aliphatic rings. The second kappa shape index (κ2) is 18.0. The quantitative estimate of drug-likeness (QED) is 0.166. The fourth-order valence-corrected chi connectivity index (χ4v) is 9.89. The summed E-state index contributed by atoms with van der Waals surface area (Å²) in [7, 11) is 0. The third-order valence-electron chi connectivity index (χ3n) is 13.3. The molecule has 4 aromatic carbocycles. The predicted molar refractivity (Wildman–Crippen MR) is 246 cm³/mol. The Morgan fingerprint density at radius 3 is 1.43 bits per heavy atom. The van der Waals surface area contributed by atoms with Gasteiger partial charge in [-0.25, -0.2) is 0 Å². The SMILES string of the molecule is Cc1cc2c(cc1C#N)c(-c1cccc(CC(C)C)c1C)cn2C1CCC(=O)CC1.Cc1cc2c(cc1C#N)c(-c1cccc(CC(C)C)c1C)cn2C1CCC(O)CC1. The monoisotopic (exact) mass is 798 g/mol. The maximum Gasteiger partial charge on any atom is 0.133 e. The van der Waals surface area contributed by atoms with Crippen LogP contribution in [0.4, 0.5) is 0 Å². The van der Waals surface area contributed by atoms with E-state index in [2.05, 4.69) is 136 Å². The van der Waals surface area contributed by atoms with Crippen LogP contribution < -0.4 is 0 Å². The van der Waals surface area contributed by atoms with Gasteiger partial charge < -0.3 is 14.2 Å².